The molecule has 1 aromatic heterocycles. The fraction of sp³-hybridized carbons (Fsp3) is 0.312. The Hall–Kier alpha value is -2.28. The van der Waals surface area contributed by atoms with Crippen molar-refractivity contribution in [1.82, 2.24) is 9.88 Å². The van der Waals surface area contributed by atoms with Crippen LogP contribution in [0.15, 0.2) is 48.8 Å². The van der Waals surface area contributed by atoms with Gasteiger partial charge in [0.2, 0.25) is 0 Å². The van der Waals surface area contributed by atoms with Crippen LogP contribution < -0.4 is 10.1 Å². The molecule has 1 saturated heterocycles. The average molecular weight is 334 g/mol. The zero-order valence-corrected chi connectivity index (χ0v) is 13.3. The number of hydrogen-bond acceptors (Lipinski definition) is 4. The molecule has 1 fully saturated rings. The summed E-state index contributed by atoms with van der Waals surface area (Å²) < 4.78 is 29.9. The lowest BCUT2D eigenvalue weighted by molar-refractivity contribution is 0.199. The van der Waals surface area contributed by atoms with Crippen molar-refractivity contribution < 1.29 is 17.9 Å². The Morgan fingerprint density at radius 1 is 1.22 bits per heavy atom. The molecule has 7 heteroatoms. The molecule has 1 aliphatic heterocycles. The third kappa shape index (κ3) is 4.13. The molecule has 1 amide bonds. The predicted molar refractivity (Wildman–Crippen MR) is 86.6 cm³/mol. The van der Waals surface area contributed by atoms with E-state index in [1.54, 1.807) is 12.1 Å². The summed E-state index contributed by atoms with van der Waals surface area (Å²) in [4.78, 5) is 11.8. The summed E-state index contributed by atoms with van der Waals surface area (Å²) in [5.41, 5.74) is 0.971. The Morgan fingerprint density at radius 3 is 2.52 bits per heavy atom. The normalized spacial score (nSPS) is 19.4. The fourth-order valence-corrected chi connectivity index (χ4v) is 4.46. The van der Waals surface area contributed by atoms with Crippen molar-refractivity contribution in [3.05, 3.63) is 48.8 Å². The lowest BCUT2D eigenvalue weighted by Crippen LogP contribution is -2.32. The van der Waals surface area contributed by atoms with Gasteiger partial charge in [-0.3, -0.25) is 0 Å². The monoisotopic (exact) mass is 334 g/mol. The van der Waals surface area contributed by atoms with Crippen LogP contribution in [0.2, 0.25) is 0 Å². The molecule has 2 aromatic rings. The van der Waals surface area contributed by atoms with Gasteiger partial charge in [0.1, 0.15) is 5.75 Å². The van der Waals surface area contributed by atoms with Crippen LogP contribution in [0.25, 0.3) is 5.69 Å². The summed E-state index contributed by atoms with van der Waals surface area (Å²) in [6.07, 6.45) is 3.88. The first-order chi connectivity index (χ1) is 11.0. The van der Waals surface area contributed by atoms with E-state index in [1.807, 2.05) is 41.2 Å². The smallest absolute Gasteiger partial charge is 0.410 e. The van der Waals surface area contributed by atoms with Crippen LogP contribution in [-0.4, -0.2) is 37.1 Å². The van der Waals surface area contributed by atoms with Gasteiger partial charge in [-0.2, -0.15) is 0 Å². The topological polar surface area (TPSA) is 77.4 Å². The van der Waals surface area contributed by atoms with Gasteiger partial charge in [0.05, 0.1) is 11.5 Å². The number of carbonyl (C=O) groups excluding carboxylic acids is 1. The second-order valence-electron chi connectivity index (χ2n) is 5.62. The van der Waals surface area contributed by atoms with E-state index in [4.69, 9.17) is 4.74 Å². The van der Waals surface area contributed by atoms with Gasteiger partial charge in [-0.15, -0.1) is 0 Å². The molecule has 23 heavy (non-hydrogen) atoms. The highest BCUT2D eigenvalue weighted by molar-refractivity contribution is 7.91. The maximum Gasteiger partial charge on any atom is 0.412 e. The Kier molecular flexibility index (Phi) is 4.38. The molecule has 1 atom stereocenters. The third-order valence-electron chi connectivity index (χ3n) is 3.81. The maximum absolute atomic E-state index is 11.8. The van der Waals surface area contributed by atoms with Gasteiger partial charge in [-0.1, -0.05) is 0 Å². The number of carbonyl (C=O) groups is 1. The molecule has 1 aromatic carbocycles. The van der Waals surface area contributed by atoms with E-state index < -0.39 is 15.9 Å². The van der Waals surface area contributed by atoms with Crippen molar-refractivity contribution in [2.45, 2.75) is 6.42 Å². The standard InChI is InChI=1S/C16H18N2O4S/c19-16(17-11-13-7-10-23(20,21)12-13)22-15-5-3-14(4-6-15)18-8-1-2-9-18/h1-6,8-9,13H,7,10-12H2,(H,17,19)/t13-/m0/s1. The van der Waals surface area contributed by atoms with E-state index >= 15 is 0 Å². The van der Waals surface area contributed by atoms with Gasteiger partial charge in [-0.25, -0.2) is 13.2 Å². The van der Waals surface area contributed by atoms with Crippen LogP contribution in [0.3, 0.4) is 0 Å². The summed E-state index contributed by atoms with van der Waals surface area (Å²) >= 11 is 0. The average Bonchev–Trinajstić information content (AvgIpc) is 3.15. The quantitative estimate of drug-likeness (QED) is 0.928. The molecule has 122 valence electrons. The van der Waals surface area contributed by atoms with Gasteiger partial charge in [0.25, 0.3) is 0 Å². The number of ether oxygens (including phenoxy) is 1. The van der Waals surface area contributed by atoms with Crippen LogP contribution in [0.4, 0.5) is 4.79 Å². The first-order valence-electron chi connectivity index (χ1n) is 7.41. The Morgan fingerprint density at radius 2 is 1.91 bits per heavy atom. The van der Waals surface area contributed by atoms with E-state index in [9.17, 15) is 13.2 Å². The van der Waals surface area contributed by atoms with Gasteiger partial charge in [0.15, 0.2) is 9.84 Å². The molecule has 0 unspecified atom stereocenters. The molecule has 0 bridgehead atoms. The molecule has 0 radical (unpaired) electrons. The number of benzene rings is 1. The van der Waals surface area contributed by atoms with Gasteiger partial charge < -0.3 is 14.6 Å². The number of rotatable bonds is 4. The molecule has 1 N–H and O–H groups in total. The minimum absolute atomic E-state index is 0.0244. The highest BCUT2D eigenvalue weighted by atomic mass is 32.2. The molecule has 2 heterocycles. The minimum Gasteiger partial charge on any atom is -0.410 e. The number of sulfone groups is 1. The predicted octanol–water partition coefficient (Wildman–Crippen LogP) is 2.00. The molecule has 6 nitrogen and oxygen atoms in total. The second kappa shape index (κ2) is 6.45. The Balaban J connectivity index is 1.50. The SMILES string of the molecule is O=C(NC[C@@H]1CCS(=O)(=O)C1)Oc1ccc(-n2cccc2)cc1. The van der Waals surface area contributed by atoms with Gasteiger partial charge >= 0.3 is 6.09 Å². The summed E-state index contributed by atoms with van der Waals surface area (Å²) in [5.74, 6) is 0.759. The van der Waals surface area contributed by atoms with E-state index in [-0.39, 0.29) is 17.4 Å². The van der Waals surface area contributed by atoms with E-state index in [0.29, 0.717) is 18.7 Å². The number of amides is 1. The fourth-order valence-electron chi connectivity index (χ4n) is 2.60. The van der Waals surface area contributed by atoms with Crippen molar-refractivity contribution >= 4 is 15.9 Å². The summed E-state index contributed by atoms with van der Waals surface area (Å²) in [7, 11) is -2.92. The second-order valence-corrected chi connectivity index (χ2v) is 7.85. The molecular weight excluding hydrogens is 316 g/mol. The first kappa shape index (κ1) is 15.6. The first-order valence-corrected chi connectivity index (χ1v) is 9.23. The van der Waals surface area contributed by atoms with Crippen LogP contribution in [-0.2, 0) is 9.84 Å². The Labute approximate surface area is 135 Å². The van der Waals surface area contributed by atoms with E-state index in [2.05, 4.69) is 5.32 Å². The Bertz CT molecular complexity index is 767. The van der Waals surface area contributed by atoms with Crippen LogP contribution >= 0.6 is 0 Å². The van der Waals surface area contributed by atoms with Crippen molar-refractivity contribution in [3.63, 3.8) is 0 Å². The molecule has 0 saturated carbocycles. The van der Waals surface area contributed by atoms with Gasteiger partial charge in [-0.05, 0) is 48.7 Å². The lowest BCUT2D eigenvalue weighted by atomic mass is 10.1. The molecule has 1 aliphatic rings. The van der Waals surface area contributed by atoms with E-state index in [1.165, 1.54) is 0 Å². The highest BCUT2D eigenvalue weighted by Gasteiger charge is 2.28. The third-order valence-corrected chi connectivity index (χ3v) is 5.65. The summed E-state index contributed by atoms with van der Waals surface area (Å²) in [6, 6.07) is 11.0. The lowest BCUT2D eigenvalue weighted by Gasteiger charge is -2.10. The van der Waals surface area contributed by atoms with Crippen molar-refractivity contribution in [3.8, 4) is 11.4 Å². The van der Waals surface area contributed by atoms with E-state index in [0.717, 1.165) is 5.69 Å². The van der Waals surface area contributed by atoms with Crippen LogP contribution in [0.1, 0.15) is 6.42 Å². The molecule has 3 rings (SSSR count). The number of aromatic nitrogens is 1. The van der Waals surface area contributed by atoms with Crippen molar-refractivity contribution in [2.24, 2.45) is 5.92 Å². The summed E-state index contributed by atoms with van der Waals surface area (Å²) in [6.45, 7) is 0.319. The van der Waals surface area contributed by atoms with Crippen molar-refractivity contribution in [2.75, 3.05) is 18.1 Å². The largest absolute Gasteiger partial charge is 0.412 e. The van der Waals surface area contributed by atoms with Crippen molar-refractivity contribution in [1.29, 1.82) is 0 Å². The maximum atomic E-state index is 11.8. The highest BCUT2D eigenvalue weighted by Crippen LogP contribution is 2.18. The zero-order valence-electron chi connectivity index (χ0n) is 12.5. The number of hydrogen-bond donors (Lipinski definition) is 1. The minimum atomic E-state index is -2.92. The van der Waals surface area contributed by atoms with Crippen LogP contribution in [0, 0.1) is 5.92 Å². The number of nitrogens with zero attached hydrogens (tertiary/aromatic N) is 1. The molecule has 0 spiro atoms. The zero-order chi connectivity index (χ0) is 16.3. The summed E-state index contributed by atoms with van der Waals surface area (Å²) in [5, 5.41) is 2.62. The molecule has 0 aliphatic carbocycles. The van der Waals surface area contributed by atoms with Gasteiger partial charge in [0, 0.05) is 24.6 Å². The van der Waals surface area contributed by atoms with Crippen LogP contribution in [0.5, 0.6) is 5.75 Å². The number of nitrogens with one attached hydrogen (secondary N) is 1. The molecular formula is C16H18N2O4S.